The lowest BCUT2D eigenvalue weighted by Crippen LogP contribution is -2.56. The maximum Gasteiger partial charge on any atom is 0.169 e. The third kappa shape index (κ3) is 4.15. The summed E-state index contributed by atoms with van der Waals surface area (Å²) in [6, 6.07) is 9.25. The smallest absolute Gasteiger partial charge is 0.169 e. The van der Waals surface area contributed by atoms with Crippen LogP contribution in [0.2, 0.25) is 0 Å². The predicted octanol–water partition coefficient (Wildman–Crippen LogP) is 2.56. The fourth-order valence-electron chi connectivity index (χ4n) is 3.38. The fraction of sp³-hybridized carbons (Fsp3) is 0.611. The molecule has 126 valence electrons. The van der Waals surface area contributed by atoms with Crippen molar-refractivity contribution in [3.63, 3.8) is 0 Å². The molecule has 2 aliphatic rings. The van der Waals surface area contributed by atoms with E-state index < -0.39 is 0 Å². The average molecular weight is 334 g/mol. The molecule has 0 aromatic heterocycles. The molecule has 2 fully saturated rings. The molecule has 23 heavy (non-hydrogen) atoms. The van der Waals surface area contributed by atoms with Crippen LogP contribution < -0.4 is 10.2 Å². The lowest BCUT2D eigenvalue weighted by molar-refractivity contribution is 0.113. The Morgan fingerprint density at radius 3 is 2.74 bits per heavy atom. The standard InChI is InChI=1S/C18H27N3OS/c1-14-5-7-16(8-6-14)21-10-9-20(13-15(21)2)18(23)19-12-17-4-3-11-22-17/h5-8,15,17H,3-4,9-13H2,1-2H3,(H,19,23). The van der Waals surface area contributed by atoms with Crippen LogP contribution in [0, 0.1) is 6.92 Å². The number of hydrogen-bond donors (Lipinski definition) is 1. The predicted molar refractivity (Wildman–Crippen MR) is 99.1 cm³/mol. The molecule has 0 radical (unpaired) electrons. The Bertz CT molecular complexity index is 528. The van der Waals surface area contributed by atoms with Gasteiger partial charge in [0.2, 0.25) is 0 Å². The zero-order chi connectivity index (χ0) is 16.2. The van der Waals surface area contributed by atoms with Crippen LogP contribution in [0.5, 0.6) is 0 Å². The molecule has 0 spiro atoms. The molecule has 2 aliphatic heterocycles. The first kappa shape index (κ1) is 16.5. The van der Waals surface area contributed by atoms with Crippen LogP contribution >= 0.6 is 12.2 Å². The summed E-state index contributed by atoms with van der Waals surface area (Å²) < 4.78 is 5.65. The van der Waals surface area contributed by atoms with Gasteiger partial charge in [-0.1, -0.05) is 17.7 Å². The highest BCUT2D eigenvalue weighted by molar-refractivity contribution is 7.80. The highest BCUT2D eigenvalue weighted by atomic mass is 32.1. The lowest BCUT2D eigenvalue weighted by Gasteiger charge is -2.42. The Kier molecular flexibility index (Phi) is 5.38. The van der Waals surface area contributed by atoms with Gasteiger partial charge >= 0.3 is 0 Å². The second kappa shape index (κ2) is 7.49. The fourth-order valence-corrected chi connectivity index (χ4v) is 3.63. The maximum atomic E-state index is 5.65. The van der Waals surface area contributed by atoms with Gasteiger partial charge in [0, 0.05) is 44.5 Å². The lowest BCUT2D eigenvalue weighted by atomic mass is 10.1. The Morgan fingerprint density at radius 2 is 2.09 bits per heavy atom. The number of rotatable bonds is 3. The molecule has 2 unspecified atom stereocenters. The van der Waals surface area contributed by atoms with E-state index in [0.29, 0.717) is 12.1 Å². The second-order valence-electron chi connectivity index (χ2n) is 6.65. The van der Waals surface area contributed by atoms with Crippen LogP contribution in [-0.2, 0) is 4.74 Å². The molecule has 4 nitrogen and oxygen atoms in total. The van der Waals surface area contributed by atoms with Crippen molar-refractivity contribution in [3.05, 3.63) is 29.8 Å². The third-order valence-corrected chi connectivity index (χ3v) is 5.19. The summed E-state index contributed by atoms with van der Waals surface area (Å²) in [6.07, 6.45) is 2.65. The summed E-state index contributed by atoms with van der Waals surface area (Å²) in [4.78, 5) is 4.76. The molecule has 0 bridgehead atoms. The number of hydrogen-bond acceptors (Lipinski definition) is 3. The topological polar surface area (TPSA) is 27.7 Å². The molecule has 3 rings (SSSR count). The van der Waals surface area contributed by atoms with E-state index in [1.807, 2.05) is 0 Å². The van der Waals surface area contributed by atoms with Crippen molar-refractivity contribution in [2.24, 2.45) is 0 Å². The summed E-state index contributed by atoms with van der Waals surface area (Å²) in [7, 11) is 0. The van der Waals surface area contributed by atoms with Crippen molar-refractivity contribution < 1.29 is 4.74 Å². The minimum Gasteiger partial charge on any atom is -0.376 e. The molecule has 1 N–H and O–H groups in total. The number of benzene rings is 1. The number of piperazine rings is 1. The van der Waals surface area contributed by atoms with Gasteiger partial charge in [-0.3, -0.25) is 0 Å². The summed E-state index contributed by atoms with van der Waals surface area (Å²) in [5.41, 5.74) is 2.61. The number of nitrogens with one attached hydrogen (secondary N) is 1. The quantitative estimate of drug-likeness (QED) is 0.858. The van der Waals surface area contributed by atoms with Crippen LogP contribution in [0.3, 0.4) is 0 Å². The first-order valence-electron chi connectivity index (χ1n) is 8.61. The first-order valence-corrected chi connectivity index (χ1v) is 9.02. The molecular weight excluding hydrogens is 306 g/mol. The Balaban J connectivity index is 1.51. The van der Waals surface area contributed by atoms with Crippen molar-refractivity contribution in [2.75, 3.05) is 37.7 Å². The zero-order valence-corrected chi connectivity index (χ0v) is 14.9. The van der Waals surface area contributed by atoms with E-state index in [0.717, 1.165) is 44.3 Å². The highest BCUT2D eigenvalue weighted by Crippen LogP contribution is 2.21. The molecule has 1 aromatic carbocycles. The van der Waals surface area contributed by atoms with Crippen molar-refractivity contribution in [3.8, 4) is 0 Å². The van der Waals surface area contributed by atoms with E-state index in [2.05, 4.69) is 53.2 Å². The van der Waals surface area contributed by atoms with E-state index in [-0.39, 0.29) is 0 Å². The largest absolute Gasteiger partial charge is 0.376 e. The molecule has 5 heteroatoms. The van der Waals surface area contributed by atoms with Crippen LogP contribution in [0.1, 0.15) is 25.3 Å². The summed E-state index contributed by atoms with van der Waals surface area (Å²) in [6.45, 7) is 9.07. The maximum absolute atomic E-state index is 5.65. The van der Waals surface area contributed by atoms with E-state index >= 15 is 0 Å². The van der Waals surface area contributed by atoms with Crippen LogP contribution in [-0.4, -0.2) is 54.9 Å². The second-order valence-corrected chi connectivity index (χ2v) is 7.03. The molecule has 2 atom stereocenters. The molecule has 2 heterocycles. The summed E-state index contributed by atoms with van der Waals surface area (Å²) in [5, 5.41) is 4.26. The van der Waals surface area contributed by atoms with E-state index in [1.165, 1.54) is 17.7 Å². The van der Waals surface area contributed by atoms with Crippen LogP contribution in [0.15, 0.2) is 24.3 Å². The van der Waals surface area contributed by atoms with Gasteiger partial charge in [-0.25, -0.2) is 0 Å². The van der Waals surface area contributed by atoms with Gasteiger partial charge in [0.1, 0.15) is 0 Å². The average Bonchev–Trinajstić information content (AvgIpc) is 3.07. The normalized spacial score (nSPS) is 24.8. The Morgan fingerprint density at radius 1 is 1.30 bits per heavy atom. The number of ether oxygens (including phenoxy) is 1. The Hall–Kier alpha value is -1.33. The van der Waals surface area contributed by atoms with Gasteiger partial charge in [0.05, 0.1) is 6.10 Å². The number of aryl methyl sites for hydroxylation is 1. The van der Waals surface area contributed by atoms with Gasteiger partial charge in [0.25, 0.3) is 0 Å². The monoisotopic (exact) mass is 333 g/mol. The van der Waals surface area contributed by atoms with E-state index in [9.17, 15) is 0 Å². The highest BCUT2D eigenvalue weighted by Gasteiger charge is 2.25. The zero-order valence-electron chi connectivity index (χ0n) is 14.1. The van der Waals surface area contributed by atoms with Crippen molar-refractivity contribution in [1.29, 1.82) is 0 Å². The molecule has 1 aromatic rings. The van der Waals surface area contributed by atoms with Crippen LogP contribution in [0.4, 0.5) is 5.69 Å². The SMILES string of the molecule is Cc1ccc(N2CCN(C(=S)NCC3CCCO3)CC2C)cc1. The van der Waals surface area contributed by atoms with Gasteiger partial charge in [-0.05, 0) is 51.0 Å². The summed E-state index contributed by atoms with van der Waals surface area (Å²) >= 11 is 5.57. The Labute approximate surface area is 144 Å². The van der Waals surface area contributed by atoms with Crippen LogP contribution in [0.25, 0.3) is 0 Å². The minimum atomic E-state index is 0.333. The van der Waals surface area contributed by atoms with Crippen molar-refractivity contribution in [1.82, 2.24) is 10.2 Å². The molecule has 2 saturated heterocycles. The van der Waals surface area contributed by atoms with Gasteiger partial charge in [-0.2, -0.15) is 0 Å². The third-order valence-electron chi connectivity index (χ3n) is 4.79. The molecule has 0 amide bonds. The first-order chi connectivity index (χ1) is 11.1. The number of nitrogens with zero attached hydrogens (tertiary/aromatic N) is 2. The van der Waals surface area contributed by atoms with Gasteiger partial charge < -0.3 is 19.9 Å². The molecule has 0 saturated carbocycles. The van der Waals surface area contributed by atoms with E-state index in [1.54, 1.807) is 0 Å². The van der Waals surface area contributed by atoms with Crippen molar-refractivity contribution >= 4 is 23.0 Å². The number of anilines is 1. The van der Waals surface area contributed by atoms with Gasteiger partial charge in [-0.15, -0.1) is 0 Å². The summed E-state index contributed by atoms with van der Waals surface area (Å²) in [5.74, 6) is 0. The van der Waals surface area contributed by atoms with Gasteiger partial charge in [0.15, 0.2) is 5.11 Å². The van der Waals surface area contributed by atoms with E-state index in [4.69, 9.17) is 17.0 Å². The molecular formula is C18H27N3OS. The number of thiocarbonyl (C=S) groups is 1. The minimum absolute atomic E-state index is 0.333. The van der Waals surface area contributed by atoms with Crippen molar-refractivity contribution in [2.45, 2.75) is 38.8 Å². The molecule has 0 aliphatic carbocycles.